The van der Waals surface area contributed by atoms with Crippen molar-refractivity contribution in [1.29, 1.82) is 0 Å². The van der Waals surface area contributed by atoms with Crippen molar-refractivity contribution in [3.63, 3.8) is 0 Å². The molecule has 104 valence electrons. The summed E-state index contributed by atoms with van der Waals surface area (Å²) in [5.41, 5.74) is 6.10. The van der Waals surface area contributed by atoms with Gasteiger partial charge >= 0.3 is 5.97 Å². The maximum absolute atomic E-state index is 11.0. The van der Waals surface area contributed by atoms with E-state index in [1.165, 1.54) is 6.07 Å². The van der Waals surface area contributed by atoms with Gasteiger partial charge in [-0.05, 0) is 31.4 Å². The molecule has 1 saturated carbocycles. The summed E-state index contributed by atoms with van der Waals surface area (Å²) in [6.45, 7) is 0. The monoisotopic (exact) mass is 265 g/mol. The van der Waals surface area contributed by atoms with Gasteiger partial charge in [-0.25, -0.2) is 4.79 Å². The van der Waals surface area contributed by atoms with Crippen LogP contribution in [0.25, 0.3) is 0 Å². The van der Waals surface area contributed by atoms with Crippen LogP contribution in [0.4, 0.5) is 5.69 Å². The first-order chi connectivity index (χ1) is 9.11. The number of ether oxygens (including phenoxy) is 2. The van der Waals surface area contributed by atoms with Gasteiger partial charge in [-0.2, -0.15) is 0 Å². The first-order valence-electron chi connectivity index (χ1n) is 6.43. The van der Waals surface area contributed by atoms with Crippen LogP contribution in [0.2, 0.25) is 0 Å². The van der Waals surface area contributed by atoms with E-state index < -0.39 is 5.97 Å². The van der Waals surface area contributed by atoms with Crippen molar-refractivity contribution in [3.05, 3.63) is 23.8 Å². The highest BCUT2D eigenvalue weighted by Gasteiger charge is 2.24. The van der Waals surface area contributed by atoms with Gasteiger partial charge in [0.25, 0.3) is 0 Å². The van der Waals surface area contributed by atoms with Crippen molar-refractivity contribution in [1.82, 2.24) is 0 Å². The number of methoxy groups -OCH3 is 1. The van der Waals surface area contributed by atoms with E-state index in [2.05, 4.69) is 0 Å². The van der Waals surface area contributed by atoms with Crippen molar-refractivity contribution in [3.8, 4) is 5.75 Å². The Bertz CT molecular complexity index is 461. The molecule has 1 aliphatic rings. The Morgan fingerprint density at radius 1 is 1.37 bits per heavy atom. The molecule has 1 aromatic carbocycles. The van der Waals surface area contributed by atoms with Crippen molar-refractivity contribution in [2.45, 2.75) is 37.9 Å². The fourth-order valence-electron chi connectivity index (χ4n) is 2.44. The normalized spacial score (nSPS) is 23.0. The Labute approximate surface area is 112 Å². The molecule has 0 heterocycles. The van der Waals surface area contributed by atoms with Crippen LogP contribution in [0.5, 0.6) is 5.75 Å². The van der Waals surface area contributed by atoms with Crippen LogP contribution in [0.3, 0.4) is 0 Å². The van der Waals surface area contributed by atoms with E-state index in [0.717, 1.165) is 25.7 Å². The Morgan fingerprint density at radius 2 is 2.11 bits per heavy atom. The molecule has 0 amide bonds. The van der Waals surface area contributed by atoms with Crippen molar-refractivity contribution in [2.75, 3.05) is 12.8 Å². The number of nitrogens with two attached hydrogens (primary N) is 1. The lowest BCUT2D eigenvalue weighted by Crippen LogP contribution is -2.29. The van der Waals surface area contributed by atoms with E-state index in [1.54, 1.807) is 19.2 Å². The van der Waals surface area contributed by atoms with Crippen molar-refractivity contribution in [2.24, 2.45) is 0 Å². The summed E-state index contributed by atoms with van der Waals surface area (Å²) in [5.74, 6) is -0.594. The van der Waals surface area contributed by atoms with Crippen molar-refractivity contribution >= 4 is 11.7 Å². The number of carbonyl (C=O) groups is 1. The topological polar surface area (TPSA) is 81.8 Å². The van der Waals surface area contributed by atoms with Crippen LogP contribution in [0.1, 0.15) is 36.0 Å². The summed E-state index contributed by atoms with van der Waals surface area (Å²) < 4.78 is 11.2. The number of aromatic carboxylic acids is 1. The first kappa shape index (κ1) is 13.7. The molecule has 0 spiro atoms. The quantitative estimate of drug-likeness (QED) is 0.816. The molecule has 0 aliphatic heterocycles. The smallest absolute Gasteiger partial charge is 0.337 e. The lowest BCUT2D eigenvalue weighted by molar-refractivity contribution is 0.0211. The molecule has 1 aromatic rings. The highest BCUT2D eigenvalue weighted by atomic mass is 16.5. The van der Waals surface area contributed by atoms with Crippen LogP contribution >= 0.6 is 0 Å². The Hall–Kier alpha value is -1.75. The highest BCUT2D eigenvalue weighted by Crippen LogP contribution is 2.30. The molecule has 19 heavy (non-hydrogen) atoms. The molecule has 2 atom stereocenters. The van der Waals surface area contributed by atoms with Crippen LogP contribution in [0, 0.1) is 0 Å². The molecule has 3 N–H and O–H groups in total. The highest BCUT2D eigenvalue weighted by molar-refractivity contribution is 5.95. The summed E-state index contributed by atoms with van der Waals surface area (Å²) in [4.78, 5) is 11.0. The molecule has 0 radical (unpaired) electrons. The third-order valence-corrected chi connectivity index (χ3v) is 3.50. The number of benzene rings is 1. The summed E-state index contributed by atoms with van der Waals surface area (Å²) in [6, 6.07) is 4.83. The van der Waals surface area contributed by atoms with E-state index in [0.29, 0.717) is 5.75 Å². The SMILES string of the molecule is COC1CCCC(Oc2cccc(C(=O)O)c2N)C1. The molecule has 5 nitrogen and oxygen atoms in total. The van der Waals surface area contributed by atoms with E-state index in [1.807, 2.05) is 0 Å². The van der Waals surface area contributed by atoms with Gasteiger partial charge in [-0.1, -0.05) is 6.07 Å². The van der Waals surface area contributed by atoms with Gasteiger partial charge in [0.1, 0.15) is 11.9 Å². The Morgan fingerprint density at radius 3 is 2.79 bits per heavy atom. The first-order valence-corrected chi connectivity index (χ1v) is 6.43. The average Bonchev–Trinajstić information content (AvgIpc) is 2.41. The second-order valence-electron chi connectivity index (χ2n) is 4.79. The Balaban J connectivity index is 2.10. The molecule has 0 aromatic heterocycles. The number of para-hydroxylation sites is 1. The number of anilines is 1. The maximum Gasteiger partial charge on any atom is 0.337 e. The maximum atomic E-state index is 11.0. The minimum atomic E-state index is -1.04. The molecule has 5 heteroatoms. The number of carboxylic acids is 1. The van der Waals surface area contributed by atoms with Crippen LogP contribution in [-0.4, -0.2) is 30.4 Å². The minimum Gasteiger partial charge on any atom is -0.488 e. The molecule has 2 rings (SSSR count). The van der Waals surface area contributed by atoms with Gasteiger partial charge in [0.2, 0.25) is 0 Å². The van der Waals surface area contributed by atoms with E-state index in [4.69, 9.17) is 20.3 Å². The zero-order chi connectivity index (χ0) is 13.8. The molecule has 0 saturated heterocycles. The molecular weight excluding hydrogens is 246 g/mol. The van der Waals surface area contributed by atoms with Gasteiger partial charge < -0.3 is 20.3 Å². The van der Waals surface area contributed by atoms with Crippen LogP contribution in [0.15, 0.2) is 18.2 Å². The van der Waals surface area contributed by atoms with Crippen LogP contribution in [-0.2, 0) is 4.74 Å². The summed E-state index contributed by atoms with van der Waals surface area (Å²) in [7, 11) is 1.70. The number of hydrogen-bond donors (Lipinski definition) is 2. The zero-order valence-electron chi connectivity index (χ0n) is 11.0. The third-order valence-electron chi connectivity index (χ3n) is 3.50. The molecule has 1 aliphatic carbocycles. The number of hydrogen-bond acceptors (Lipinski definition) is 4. The molecule has 0 bridgehead atoms. The second kappa shape index (κ2) is 5.93. The van der Waals surface area contributed by atoms with Crippen molar-refractivity contribution < 1.29 is 19.4 Å². The summed E-state index contributed by atoms with van der Waals surface area (Å²) >= 11 is 0. The number of rotatable bonds is 4. The third kappa shape index (κ3) is 3.17. The van der Waals surface area contributed by atoms with E-state index in [9.17, 15) is 4.79 Å². The molecule has 1 fully saturated rings. The minimum absolute atomic E-state index is 0.0324. The van der Waals surface area contributed by atoms with E-state index >= 15 is 0 Å². The molecular formula is C14H19NO4. The number of nitrogen functional groups attached to an aromatic ring is 1. The van der Waals surface area contributed by atoms with Crippen LogP contribution < -0.4 is 10.5 Å². The summed E-state index contributed by atoms with van der Waals surface area (Å²) in [6.07, 6.45) is 4.08. The lowest BCUT2D eigenvalue weighted by Gasteiger charge is -2.29. The van der Waals surface area contributed by atoms with Gasteiger partial charge in [0.15, 0.2) is 0 Å². The van der Waals surface area contributed by atoms with Gasteiger partial charge in [0.05, 0.1) is 17.4 Å². The predicted octanol–water partition coefficient (Wildman–Crippen LogP) is 2.30. The van der Waals surface area contributed by atoms with E-state index in [-0.39, 0.29) is 23.5 Å². The predicted molar refractivity (Wildman–Crippen MR) is 71.5 cm³/mol. The molecule has 2 unspecified atom stereocenters. The lowest BCUT2D eigenvalue weighted by atomic mass is 9.95. The standard InChI is InChI=1S/C14H19NO4/c1-18-9-4-2-5-10(8-9)19-12-7-3-6-11(13(12)15)14(16)17/h3,6-7,9-10H,2,4-5,8,15H2,1H3,(H,16,17). The second-order valence-corrected chi connectivity index (χ2v) is 4.79. The fraction of sp³-hybridized carbons (Fsp3) is 0.500. The van der Waals surface area contributed by atoms with Gasteiger partial charge in [-0.3, -0.25) is 0 Å². The largest absolute Gasteiger partial charge is 0.488 e. The average molecular weight is 265 g/mol. The van der Waals surface area contributed by atoms with Gasteiger partial charge in [0, 0.05) is 13.5 Å². The number of carboxylic acid groups (broad SMARTS) is 1. The summed E-state index contributed by atoms with van der Waals surface area (Å²) in [5, 5.41) is 9.02. The fourth-order valence-corrected chi connectivity index (χ4v) is 2.44. The van der Waals surface area contributed by atoms with Gasteiger partial charge in [-0.15, -0.1) is 0 Å². The Kier molecular flexibility index (Phi) is 4.27. The zero-order valence-corrected chi connectivity index (χ0v) is 11.0.